The zero-order valence-corrected chi connectivity index (χ0v) is 20.8. The van der Waals surface area contributed by atoms with Gasteiger partial charge in [-0.15, -0.1) is 0 Å². The van der Waals surface area contributed by atoms with Gasteiger partial charge in [0.1, 0.15) is 11.6 Å². The fourth-order valence-electron chi connectivity index (χ4n) is 4.35. The lowest BCUT2D eigenvalue weighted by Gasteiger charge is -2.21. The summed E-state index contributed by atoms with van der Waals surface area (Å²) in [5, 5.41) is 13.5. The average Bonchev–Trinajstić information content (AvgIpc) is 2.90. The van der Waals surface area contributed by atoms with Crippen molar-refractivity contribution in [1.82, 2.24) is 4.98 Å². The van der Waals surface area contributed by atoms with E-state index in [0.717, 1.165) is 34.0 Å². The van der Waals surface area contributed by atoms with Crippen LogP contribution in [0.3, 0.4) is 0 Å². The Morgan fingerprint density at radius 3 is 2.43 bits per heavy atom. The first-order chi connectivity index (χ1) is 17.9. The Morgan fingerprint density at radius 2 is 1.78 bits per heavy atom. The van der Waals surface area contributed by atoms with Crippen LogP contribution >= 0.6 is 0 Å². The van der Waals surface area contributed by atoms with E-state index in [2.05, 4.69) is 33.9 Å². The number of aromatic nitrogens is 1. The van der Waals surface area contributed by atoms with E-state index < -0.39 is 12.0 Å². The van der Waals surface area contributed by atoms with Crippen LogP contribution in [0.25, 0.3) is 11.1 Å². The van der Waals surface area contributed by atoms with Gasteiger partial charge in [0.25, 0.3) is 0 Å². The third-order valence-corrected chi connectivity index (χ3v) is 6.24. The van der Waals surface area contributed by atoms with Crippen molar-refractivity contribution in [2.24, 2.45) is 5.16 Å². The normalized spacial score (nSPS) is 12.2. The fraction of sp³-hybridized carbons (Fsp3) is 0.167. The van der Waals surface area contributed by atoms with Crippen LogP contribution in [0.4, 0.5) is 9.18 Å². The first kappa shape index (κ1) is 25.6. The van der Waals surface area contributed by atoms with Gasteiger partial charge in [0.15, 0.2) is 0 Å². The zero-order valence-electron chi connectivity index (χ0n) is 20.8. The Kier molecular flexibility index (Phi) is 7.93. The third-order valence-electron chi connectivity index (χ3n) is 6.24. The maximum Gasteiger partial charge on any atom is 0.513 e. The van der Waals surface area contributed by atoms with Crippen LogP contribution in [0.1, 0.15) is 40.3 Å². The van der Waals surface area contributed by atoms with Gasteiger partial charge in [0.05, 0.1) is 12.8 Å². The van der Waals surface area contributed by atoms with Crippen molar-refractivity contribution < 1.29 is 23.9 Å². The highest BCUT2D eigenvalue weighted by atomic mass is 19.1. The minimum Gasteiger partial charge on any atom is -0.437 e. The lowest BCUT2D eigenvalue weighted by atomic mass is 9.83. The van der Waals surface area contributed by atoms with E-state index in [1.807, 2.05) is 55.5 Å². The molecule has 0 bridgehead atoms. The van der Waals surface area contributed by atoms with Crippen molar-refractivity contribution in [2.75, 3.05) is 7.11 Å². The Bertz CT molecular complexity index is 1430. The van der Waals surface area contributed by atoms with Crippen LogP contribution in [0, 0.1) is 19.7 Å². The van der Waals surface area contributed by atoms with Gasteiger partial charge in [-0.3, -0.25) is 4.98 Å². The topological polar surface area (TPSA) is 81.0 Å². The molecule has 0 aliphatic carbocycles. The number of halogens is 1. The number of nitrogens with zero attached hydrogens (tertiary/aromatic N) is 2. The molecule has 0 radical (unpaired) electrons. The summed E-state index contributed by atoms with van der Waals surface area (Å²) in [6.07, 6.45) is 1.24. The molecule has 0 saturated heterocycles. The summed E-state index contributed by atoms with van der Waals surface area (Å²) in [6.45, 7) is 3.94. The Labute approximate surface area is 215 Å². The minimum absolute atomic E-state index is 0.0616. The molecule has 37 heavy (non-hydrogen) atoms. The maximum atomic E-state index is 14.8. The Hall–Kier alpha value is -4.52. The van der Waals surface area contributed by atoms with Gasteiger partial charge in [-0.05, 0) is 60.4 Å². The molecule has 0 amide bonds. The molecule has 1 aromatic heterocycles. The molecular formula is C30H27FN2O4. The standard InChI is InChI=1S/C30H27FN2O4/c1-19-6-4-5-7-25(19)27(18-29(33-35)23-14-15-32-20(2)16-23)22-10-8-21(9-11-22)26-13-12-24(17-28(26)31)37-30(34)36-3/h4-17,27,35H,18H2,1-3H3. The van der Waals surface area contributed by atoms with Gasteiger partial charge in [0, 0.05) is 41.4 Å². The van der Waals surface area contributed by atoms with Gasteiger partial charge >= 0.3 is 6.16 Å². The highest BCUT2D eigenvalue weighted by Gasteiger charge is 2.21. The minimum atomic E-state index is -0.911. The monoisotopic (exact) mass is 498 g/mol. The predicted molar refractivity (Wildman–Crippen MR) is 140 cm³/mol. The van der Waals surface area contributed by atoms with Crippen LogP contribution in [-0.2, 0) is 4.74 Å². The lowest BCUT2D eigenvalue weighted by Crippen LogP contribution is -2.12. The second-order valence-electron chi connectivity index (χ2n) is 8.67. The molecule has 0 saturated carbocycles. The first-order valence-corrected chi connectivity index (χ1v) is 11.7. The van der Waals surface area contributed by atoms with Crippen molar-refractivity contribution in [3.8, 4) is 16.9 Å². The summed E-state index contributed by atoms with van der Waals surface area (Å²) in [4.78, 5) is 15.5. The van der Waals surface area contributed by atoms with Crippen molar-refractivity contribution in [3.63, 3.8) is 0 Å². The van der Waals surface area contributed by atoms with Crippen LogP contribution in [-0.4, -0.2) is 29.2 Å². The molecule has 188 valence electrons. The van der Waals surface area contributed by atoms with Crippen LogP contribution in [0.5, 0.6) is 5.75 Å². The van der Waals surface area contributed by atoms with Crippen molar-refractivity contribution in [2.45, 2.75) is 26.2 Å². The van der Waals surface area contributed by atoms with Gasteiger partial charge in [-0.1, -0.05) is 53.7 Å². The zero-order chi connectivity index (χ0) is 26.4. The van der Waals surface area contributed by atoms with Gasteiger partial charge in [-0.25, -0.2) is 9.18 Å². The average molecular weight is 499 g/mol. The van der Waals surface area contributed by atoms with Gasteiger partial charge < -0.3 is 14.7 Å². The largest absolute Gasteiger partial charge is 0.513 e. The first-order valence-electron chi connectivity index (χ1n) is 11.7. The summed E-state index contributed by atoms with van der Waals surface area (Å²) in [5.74, 6) is -0.561. The molecule has 0 aliphatic rings. The second kappa shape index (κ2) is 11.5. The van der Waals surface area contributed by atoms with Crippen LogP contribution < -0.4 is 4.74 Å². The number of rotatable bonds is 7. The number of benzene rings is 3. The van der Waals surface area contributed by atoms with E-state index in [1.165, 1.54) is 13.2 Å². The van der Waals surface area contributed by atoms with Gasteiger partial charge in [0.2, 0.25) is 0 Å². The summed E-state index contributed by atoms with van der Waals surface area (Å²) in [6, 6.07) is 23.7. The molecule has 7 heteroatoms. The molecule has 0 fully saturated rings. The number of oxime groups is 1. The second-order valence-corrected chi connectivity index (χ2v) is 8.67. The SMILES string of the molecule is COC(=O)Oc1ccc(-c2ccc(C(CC(=NO)c3ccnc(C)c3)c3ccccc3C)cc2)c(F)c1. The number of carbonyl (C=O) groups is 1. The Balaban J connectivity index is 1.67. The summed E-state index contributed by atoms with van der Waals surface area (Å²) in [5.41, 5.74) is 6.47. The number of methoxy groups -OCH3 is 1. The van der Waals surface area contributed by atoms with Crippen molar-refractivity contribution in [1.29, 1.82) is 0 Å². The predicted octanol–water partition coefficient (Wildman–Crippen LogP) is 7.05. The van der Waals surface area contributed by atoms with E-state index in [1.54, 1.807) is 12.3 Å². The summed E-state index contributed by atoms with van der Waals surface area (Å²) in [7, 11) is 1.19. The van der Waals surface area contributed by atoms with Crippen molar-refractivity contribution >= 4 is 11.9 Å². The highest BCUT2D eigenvalue weighted by Crippen LogP contribution is 2.34. The van der Waals surface area contributed by atoms with E-state index in [0.29, 0.717) is 23.3 Å². The molecule has 1 N–H and O–H groups in total. The van der Waals surface area contributed by atoms with Crippen LogP contribution in [0.15, 0.2) is 90.2 Å². The summed E-state index contributed by atoms with van der Waals surface area (Å²) >= 11 is 0. The maximum absolute atomic E-state index is 14.8. The molecule has 3 aromatic carbocycles. The molecule has 1 atom stereocenters. The highest BCUT2D eigenvalue weighted by molar-refractivity contribution is 6.01. The quantitative estimate of drug-likeness (QED) is 0.0971. The number of aryl methyl sites for hydroxylation is 2. The molecule has 4 aromatic rings. The lowest BCUT2D eigenvalue weighted by molar-refractivity contribution is 0.121. The fourth-order valence-corrected chi connectivity index (χ4v) is 4.35. The molecule has 1 heterocycles. The van der Waals surface area contributed by atoms with E-state index in [-0.39, 0.29) is 11.7 Å². The number of ether oxygens (including phenoxy) is 2. The number of hydrogen-bond acceptors (Lipinski definition) is 6. The summed E-state index contributed by atoms with van der Waals surface area (Å²) < 4.78 is 24.2. The van der Waals surface area contributed by atoms with Gasteiger partial charge in [-0.2, -0.15) is 0 Å². The third kappa shape index (κ3) is 6.01. The number of carbonyl (C=O) groups excluding carboxylic acids is 1. The van der Waals surface area contributed by atoms with E-state index in [4.69, 9.17) is 4.74 Å². The number of pyridine rings is 1. The molecule has 4 rings (SSSR count). The molecular weight excluding hydrogens is 471 g/mol. The van der Waals surface area contributed by atoms with Crippen molar-refractivity contribution in [3.05, 3.63) is 119 Å². The molecule has 6 nitrogen and oxygen atoms in total. The molecule has 0 aliphatic heterocycles. The Morgan fingerprint density at radius 1 is 1.03 bits per heavy atom. The van der Waals surface area contributed by atoms with Crippen LogP contribution in [0.2, 0.25) is 0 Å². The van der Waals surface area contributed by atoms with E-state index >= 15 is 0 Å². The number of hydrogen-bond donors (Lipinski definition) is 1. The molecule has 1 unspecified atom stereocenters. The molecule has 0 spiro atoms. The van der Waals surface area contributed by atoms with E-state index in [9.17, 15) is 14.4 Å². The smallest absolute Gasteiger partial charge is 0.437 e.